The molecule has 0 saturated carbocycles. The highest BCUT2D eigenvalue weighted by Crippen LogP contribution is 2.35. The second kappa shape index (κ2) is 9.24. The summed E-state index contributed by atoms with van der Waals surface area (Å²) >= 11 is 19.2. The van der Waals surface area contributed by atoms with Crippen molar-refractivity contribution in [1.29, 1.82) is 0 Å². The molecule has 3 aromatic rings. The van der Waals surface area contributed by atoms with Crippen molar-refractivity contribution in [3.63, 3.8) is 0 Å². The Hall–Kier alpha value is -1.33. The SMILES string of the molecule is Cc1ccc(Cl)cc1N=Cc1cc(Br)c(OCc2cccc(Cl)c2)c(Br)c1. The molecule has 27 heavy (non-hydrogen) atoms. The predicted octanol–water partition coefficient (Wildman–Crippen LogP) is 8.16. The molecule has 0 spiro atoms. The maximum atomic E-state index is 6.05. The molecule has 3 rings (SSSR count). The monoisotopic (exact) mass is 525 g/mol. The highest BCUT2D eigenvalue weighted by atomic mass is 79.9. The molecule has 0 unspecified atom stereocenters. The zero-order valence-electron chi connectivity index (χ0n) is 14.3. The second-order valence-electron chi connectivity index (χ2n) is 5.92. The lowest BCUT2D eigenvalue weighted by atomic mass is 10.2. The third-order valence-electron chi connectivity index (χ3n) is 3.82. The number of halogens is 4. The standard InChI is InChI=1S/C21H15Br2Cl2NO/c1-13-5-6-17(25)10-20(13)26-11-15-8-18(22)21(19(23)9-15)27-12-14-3-2-4-16(24)7-14/h2-11H,12H2,1H3. The predicted molar refractivity (Wildman–Crippen MR) is 121 cm³/mol. The van der Waals surface area contributed by atoms with Crippen LogP contribution in [-0.2, 0) is 6.61 Å². The van der Waals surface area contributed by atoms with Crippen LogP contribution in [0.3, 0.4) is 0 Å². The molecule has 0 amide bonds. The zero-order chi connectivity index (χ0) is 19.4. The molecule has 0 fully saturated rings. The lowest BCUT2D eigenvalue weighted by Gasteiger charge is -2.11. The number of nitrogens with zero attached hydrogens (tertiary/aromatic N) is 1. The van der Waals surface area contributed by atoms with E-state index in [1.807, 2.05) is 61.5 Å². The van der Waals surface area contributed by atoms with E-state index in [-0.39, 0.29) is 0 Å². The average molecular weight is 528 g/mol. The third-order valence-corrected chi connectivity index (χ3v) is 5.46. The minimum atomic E-state index is 0.424. The van der Waals surface area contributed by atoms with Crippen molar-refractivity contribution < 1.29 is 4.74 Å². The third kappa shape index (κ3) is 5.58. The van der Waals surface area contributed by atoms with Crippen LogP contribution in [0.1, 0.15) is 16.7 Å². The Kier molecular flexibility index (Phi) is 6.99. The van der Waals surface area contributed by atoms with Gasteiger partial charge in [0.05, 0.1) is 14.6 Å². The quantitative estimate of drug-likeness (QED) is 0.307. The number of hydrogen-bond donors (Lipinski definition) is 0. The van der Waals surface area contributed by atoms with Gasteiger partial charge in [-0.25, -0.2) is 0 Å². The molecule has 0 bridgehead atoms. The Morgan fingerprint density at radius 3 is 2.37 bits per heavy atom. The number of benzene rings is 3. The van der Waals surface area contributed by atoms with E-state index in [1.165, 1.54) is 0 Å². The van der Waals surface area contributed by atoms with Gasteiger partial charge in [0.2, 0.25) is 0 Å². The molecule has 0 aliphatic heterocycles. The Morgan fingerprint density at radius 1 is 0.963 bits per heavy atom. The molecular weight excluding hydrogens is 513 g/mol. The van der Waals surface area contributed by atoms with Gasteiger partial charge in [-0.2, -0.15) is 0 Å². The first-order valence-corrected chi connectivity index (χ1v) is 10.4. The molecular formula is C21H15Br2Cl2NO. The molecule has 0 aliphatic carbocycles. The molecule has 6 heteroatoms. The van der Waals surface area contributed by atoms with E-state index in [1.54, 1.807) is 6.21 Å². The van der Waals surface area contributed by atoms with Gasteiger partial charge in [-0.15, -0.1) is 0 Å². The maximum absolute atomic E-state index is 6.05. The summed E-state index contributed by atoms with van der Waals surface area (Å²) in [5, 5.41) is 1.36. The first kappa shape index (κ1) is 20.4. The van der Waals surface area contributed by atoms with E-state index in [0.29, 0.717) is 16.7 Å². The molecule has 0 N–H and O–H groups in total. The van der Waals surface area contributed by atoms with E-state index in [4.69, 9.17) is 27.9 Å². The highest BCUT2D eigenvalue weighted by molar-refractivity contribution is 9.11. The summed E-state index contributed by atoms with van der Waals surface area (Å²) in [5.74, 6) is 0.728. The molecule has 138 valence electrons. The Labute approximate surface area is 185 Å². The van der Waals surface area contributed by atoms with Crippen molar-refractivity contribution in [3.05, 3.63) is 90.3 Å². The Morgan fingerprint density at radius 2 is 1.67 bits per heavy atom. The fraction of sp³-hybridized carbons (Fsp3) is 0.0952. The normalized spacial score (nSPS) is 11.1. The van der Waals surface area contributed by atoms with Gasteiger partial charge in [0.15, 0.2) is 0 Å². The van der Waals surface area contributed by atoms with Crippen LogP contribution in [0.5, 0.6) is 5.75 Å². The first-order chi connectivity index (χ1) is 12.9. The summed E-state index contributed by atoms with van der Waals surface area (Å²) in [6, 6.07) is 17.2. The van der Waals surface area contributed by atoms with Gasteiger partial charge in [-0.05, 0) is 91.9 Å². The van der Waals surface area contributed by atoms with Crippen molar-refractivity contribution in [2.75, 3.05) is 0 Å². The number of aryl methyl sites for hydroxylation is 1. The van der Waals surface area contributed by atoms with Gasteiger partial charge in [0, 0.05) is 16.3 Å². The molecule has 0 heterocycles. The lowest BCUT2D eigenvalue weighted by Crippen LogP contribution is -1.97. The van der Waals surface area contributed by atoms with Gasteiger partial charge in [0.25, 0.3) is 0 Å². The van der Waals surface area contributed by atoms with E-state index < -0.39 is 0 Å². The Bertz CT molecular complexity index is 982. The number of rotatable bonds is 5. The summed E-state index contributed by atoms with van der Waals surface area (Å²) in [6.45, 7) is 2.43. The van der Waals surface area contributed by atoms with Gasteiger partial charge >= 0.3 is 0 Å². The first-order valence-electron chi connectivity index (χ1n) is 8.09. The molecule has 2 nitrogen and oxygen atoms in total. The van der Waals surface area contributed by atoms with Crippen LogP contribution < -0.4 is 4.74 Å². The molecule has 0 aliphatic rings. The van der Waals surface area contributed by atoms with Gasteiger partial charge < -0.3 is 4.74 Å². The molecule has 0 aromatic heterocycles. The summed E-state index contributed by atoms with van der Waals surface area (Å²) in [7, 11) is 0. The van der Waals surface area contributed by atoms with E-state index in [2.05, 4.69) is 36.9 Å². The van der Waals surface area contributed by atoms with Crippen molar-refractivity contribution in [3.8, 4) is 5.75 Å². The largest absolute Gasteiger partial charge is 0.487 e. The van der Waals surface area contributed by atoms with E-state index in [0.717, 1.165) is 37.1 Å². The van der Waals surface area contributed by atoms with E-state index in [9.17, 15) is 0 Å². The van der Waals surface area contributed by atoms with Crippen LogP contribution in [-0.4, -0.2) is 6.21 Å². The van der Waals surface area contributed by atoms with Crippen LogP contribution in [0.25, 0.3) is 0 Å². The average Bonchev–Trinajstić information content (AvgIpc) is 2.62. The maximum Gasteiger partial charge on any atom is 0.148 e. The summed E-state index contributed by atoms with van der Waals surface area (Å²) in [4.78, 5) is 4.55. The van der Waals surface area contributed by atoms with Crippen LogP contribution in [0.15, 0.2) is 68.5 Å². The minimum absolute atomic E-state index is 0.424. The molecule has 0 atom stereocenters. The van der Waals surface area contributed by atoms with Crippen molar-refractivity contribution in [1.82, 2.24) is 0 Å². The zero-order valence-corrected chi connectivity index (χ0v) is 19.0. The Balaban J connectivity index is 1.78. The molecule has 0 saturated heterocycles. The van der Waals surface area contributed by atoms with Crippen LogP contribution in [0.2, 0.25) is 10.0 Å². The second-order valence-corrected chi connectivity index (χ2v) is 8.50. The summed E-state index contributed by atoms with van der Waals surface area (Å²) in [6.07, 6.45) is 1.80. The summed E-state index contributed by atoms with van der Waals surface area (Å²) < 4.78 is 7.62. The smallest absolute Gasteiger partial charge is 0.148 e. The number of aliphatic imine (C=N–C) groups is 1. The highest BCUT2D eigenvalue weighted by Gasteiger charge is 2.09. The fourth-order valence-electron chi connectivity index (χ4n) is 2.44. The molecule has 3 aromatic carbocycles. The lowest BCUT2D eigenvalue weighted by molar-refractivity contribution is 0.302. The number of hydrogen-bond acceptors (Lipinski definition) is 2. The molecule has 0 radical (unpaired) electrons. The summed E-state index contributed by atoms with van der Waals surface area (Å²) in [5.41, 5.74) is 3.85. The van der Waals surface area contributed by atoms with Crippen molar-refractivity contribution in [2.45, 2.75) is 13.5 Å². The van der Waals surface area contributed by atoms with Crippen LogP contribution in [0, 0.1) is 6.92 Å². The van der Waals surface area contributed by atoms with Crippen LogP contribution in [0.4, 0.5) is 5.69 Å². The van der Waals surface area contributed by atoms with Gasteiger partial charge in [0.1, 0.15) is 12.4 Å². The number of ether oxygens (including phenoxy) is 1. The fourth-order valence-corrected chi connectivity index (χ4v) is 4.27. The van der Waals surface area contributed by atoms with Crippen LogP contribution >= 0.6 is 55.1 Å². The van der Waals surface area contributed by atoms with Crippen molar-refractivity contribution >= 4 is 67.0 Å². The minimum Gasteiger partial charge on any atom is -0.487 e. The van der Waals surface area contributed by atoms with E-state index >= 15 is 0 Å². The topological polar surface area (TPSA) is 21.6 Å². The van der Waals surface area contributed by atoms with Gasteiger partial charge in [-0.1, -0.05) is 41.4 Å². The van der Waals surface area contributed by atoms with Gasteiger partial charge in [-0.3, -0.25) is 4.99 Å². The van der Waals surface area contributed by atoms with Crippen molar-refractivity contribution in [2.24, 2.45) is 4.99 Å².